The number of halogens is 3. The van der Waals surface area contributed by atoms with Crippen LogP contribution in [0, 0.1) is 0 Å². The van der Waals surface area contributed by atoms with E-state index in [2.05, 4.69) is 29.4 Å². The first kappa shape index (κ1) is 21.8. The monoisotopic (exact) mass is 372 g/mol. The summed E-state index contributed by atoms with van der Waals surface area (Å²) in [5.74, 6) is -0.209. The van der Waals surface area contributed by atoms with Crippen molar-refractivity contribution in [2.45, 2.75) is 33.0 Å². The maximum atomic E-state index is 12.4. The number of rotatable bonds is 7. The Bertz CT molecular complexity index is 599. The van der Waals surface area contributed by atoms with Gasteiger partial charge in [0.25, 0.3) is 0 Å². The van der Waals surface area contributed by atoms with E-state index in [9.17, 15) is 18.0 Å². The van der Waals surface area contributed by atoms with E-state index in [4.69, 9.17) is 0 Å². The molecule has 1 aromatic carbocycles. The number of carbonyl (C=O) groups is 1. The van der Waals surface area contributed by atoms with E-state index < -0.39 is 18.6 Å². The number of nitrogens with one attached hydrogen (secondary N) is 1. The molecule has 0 fully saturated rings. The summed E-state index contributed by atoms with van der Waals surface area (Å²) in [6, 6.07) is 8.17. The van der Waals surface area contributed by atoms with Gasteiger partial charge in [0.2, 0.25) is 5.91 Å². The molecule has 0 saturated heterocycles. The molecule has 0 aliphatic rings. The van der Waals surface area contributed by atoms with Crippen LogP contribution in [-0.4, -0.2) is 61.6 Å². The molecule has 1 aromatic rings. The van der Waals surface area contributed by atoms with Gasteiger partial charge in [-0.1, -0.05) is 31.2 Å². The molecule has 0 aromatic heterocycles. The Hall–Kier alpha value is -2.25. The standard InChI is InChI=1S/C18H27F3N4O/c1-5-14-7-9-15(10-8-14)12-24(3)17(22-6-2)23-11-16(26)25(4)13-18(19,20)21/h7-10H,5-6,11-13H2,1-4H3,(H,22,23). The zero-order valence-electron chi connectivity index (χ0n) is 15.7. The maximum Gasteiger partial charge on any atom is 0.406 e. The highest BCUT2D eigenvalue weighted by molar-refractivity contribution is 5.84. The molecule has 8 heteroatoms. The largest absolute Gasteiger partial charge is 0.406 e. The Balaban J connectivity index is 2.72. The smallest absolute Gasteiger partial charge is 0.357 e. The Labute approximate surface area is 152 Å². The molecule has 0 aliphatic heterocycles. The lowest BCUT2D eigenvalue weighted by molar-refractivity contribution is -0.157. The zero-order valence-corrected chi connectivity index (χ0v) is 15.7. The molecule has 5 nitrogen and oxygen atoms in total. The summed E-state index contributed by atoms with van der Waals surface area (Å²) in [7, 11) is 2.94. The van der Waals surface area contributed by atoms with Crippen molar-refractivity contribution in [3.63, 3.8) is 0 Å². The van der Waals surface area contributed by atoms with Crippen LogP contribution in [0.2, 0.25) is 0 Å². The summed E-state index contributed by atoms with van der Waals surface area (Å²) < 4.78 is 37.1. The van der Waals surface area contributed by atoms with Crippen LogP contribution in [-0.2, 0) is 17.8 Å². The van der Waals surface area contributed by atoms with Crippen molar-refractivity contribution >= 4 is 11.9 Å². The minimum atomic E-state index is -4.42. The molecule has 0 bridgehead atoms. The van der Waals surface area contributed by atoms with Gasteiger partial charge in [0.05, 0.1) is 0 Å². The Morgan fingerprint density at radius 3 is 2.15 bits per heavy atom. The molecule has 0 aliphatic carbocycles. The highest BCUT2D eigenvalue weighted by atomic mass is 19.4. The number of hydrogen-bond donors (Lipinski definition) is 1. The highest BCUT2D eigenvalue weighted by Gasteiger charge is 2.31. The van der Waals surface area contributed by atoms with Crippen molar-refractivity contribution in [3.8, 4) is 0 Å². The van der Waals surface area contributed by atoms with Gasteiger partial charge in [0.1, 0.15) is 13.1 Å². The Morgan fingerprint density at radius 2 is 1.65 bits per heavy atom. The van der Waals surface area contributed by atoms with Crippen LogP contribution in [0.25, 0.3) is 0 Å². The summed E-state index contributed by atoms with van der Waals surface area (Å²) in [5.41, 5.74) is 2.33. The van der Waals surface area contributed by atoms with Crippen LogP contribution >= 0.6 is 0 Å². The molecule has 0 unspecified atom stereocenters. The fourth-order valence-electron chi connectivity index (χ4n) is 2.32. The number of likely N-dealkylation sites (N-methyl/N-ethyl adjacent to an activating group) is 1. The summed E-state index contributed by atoms with van der Waals surface area (Å²) >= 11 is 0. The molecule has 0 radical (unpaired) electrons. The lowest BCUT2D eigenvalue weighted by Gasteiger charge is -2.23. The van der Waals surface area contributed by atoms with Crippen LogP contribution < -0.4 is 5.32 Å². The SMILES string of the molecule is CCNC(=NCC(=O)N(C)CC(F)(F)F)N(C)Cc1ccc(CC)cc1. The zero-order chi connectivity index (χ0) is 19.7. The van der Waals surface area contributed by atoms with E-state index in [0.717, 1.165) is 19.0 Å². The normalized spacial score (nSPS) is 12.0. The average molecular weight is 372 g/mol. The third-order valence-corrected chi connectivity index (χ3v) is 3.75. The summed E-state index contributed by atoms with van der Waals surface area (Å²) in [6.45, 7) is 3.51. The van der Waals surface area contributed by atoms with Gasteiger partial charge in [-0.2, -0.15) is 13.2 Å². The van der Waals surface area contributed by atoms with Gasteiger partial charge in [-0.25, -0.2) is 4.99 Å². The molecule has 1 N–H and O–H groups in total. The molecular weight excluding hydrogens is 345 g/mol. The second-order valence-electron chi connectivity index (χ2n) is 6.06. The highest BCUT2D eigenvalue weighted by Crippen LogP contribution is 2.15. The second-order valence-corrected chi connectivity index (χ2v) is 6.06. The number of guanidine groups is 1. The Kier molecular flexibility index (Phi) is 8.41. The van der Waals surface area contributed by atoms with Gasteiger partial charge in [-0.3, -0.25) is 4.79 Å². The molecule has 0 atom stereocenters. The van der Waals surface area contributed by atoms with Crippen LogP contribution in [0.15, 0.2) is 29.3 Å². The molecule has 0 heterocycles. The van der Waals surface area contributed by atoms with Crippen LogP contribution in [0.1, 0.15) is 25.0 Å². The van der Waals surface area contributed by atoms with Gasteiger partial charge in [-0.05, 0) is 24.5 Å². The van der Waals surface area contributed by atoms with E-state index in [0.29, 0.717) is 23.9 Å². The molecule has 146 valence electrons. The number of nitrogens with zero attached hydrogens (tertiary/aromatic N) is 3. The van der Waals surface area contributed by atoms with Crippen molar-refractivity contribution < 1.29 is 18.0 Å². The first-order chi connectivity index (χ1) is 12.2. The van der Waals surface area contributed by atoms with Crippen molar-refractivity contribution in [1.82, 2.24) is 15.1 Å². The van der Waals surface area contributed by atoms with E-state index in [1.807, 2.05) is 31.0 Å². The maximum absolute atomic E-state index is 12.4. The van der Waals surface area contributed by atoms with Crippen molar-refractivity contribution in [2.75, 3.05) is 33.7 Å². The Morgan fingerprint density at radius 1 is 1.08 bits per heavy atom. The molecule has 0 saturated carbocycles. The third-order valence-electron chi connectivity index (χ3n) is 3.75. The van der Waals surface area contributed by atoms with E-state index in [1.165, 1.54) is 5.56 Å². The third kappa shape index (κ3) is 7.76. The average Bonchev–Trinajstić information content (AvgIpc) is 2.57. The summed E-state index contributed by atoms with van der Waals surface area (Å²) in [6.07, 6.45) is -3.45. The molecule has 1 amide bonds. The van der Waals surface area contributed by atoms with Gasteiger partial charge in [0.15, 0.2) is 5.96 Å². The van der Waals surface area contributed by atoms with Crippen LogP contribution in [0.5, 0.6) is 0 Å². The van der Waals surface area contributed by atoms with Crippen molar-refractivity contribution in [1.29, 1.82) is 0 Å². The lowest BCUT2D eigenvalue weighted by atomic mass is 10.1. The second kappa shape index (κ2) is 10.0. The van der Waals surface area contributed by atoms with Crippen molar-refractivity contribution in [3.05, 3.63) is 35.4 Å². The van der Waals surface area contributed by atoms with Crippen molar-refractivity contribution in [2.24, 2.45) is 4.99 Å². The number of alkyl halides is 3. The van der Waals surface area contributed by atoms with Crippen LogP contribution in [0.3, 0.4) is 0 Å². The number of amides is 1. The number of carbonyl (C=O) groups excluding carboxylic acids is 1. The first-order valence-electron chi connectivity index (χ1n) is 8.54. The fourth-order valence-corrected chi connectivity index (χ4v) is 2.32. The van der Waals surface area contributed by atoms with Crippen LogP contribution in [0.4, 0.5) is 13.2 Å². The quantitative estimate of drug-likeness (QED) is 0.591. The predicted octanol–water partition coefficient (Wildman–Crippen LogP) is 2.67. The van der Waals surface area contributed by atoms with Gasteiger partial charge in [-0.15, -0.1) is 0 Å². The van der Waals surface area contributed by atoms with E-state index in [-0.39, 0.29) is 6.54 Å². The minimum Gasteiger partial charge on any atom is -0.357 e. The van der Waals surface area contributed by atoms with Gasteiger partial charge in [0, 0.05) is 27.2 Å². The number of aliphatic imine (C=N–C) groups is 1. The summed E-state index contributed by atoms with van der Waals surface area (Å²) in [5, 5.41) is 3.05. The number of hydrogen-bond acceptors (Lipinski definition) is 2. The minimum absolute atomic E-state index is 0.339. The molecule has 1 rings (SSSR count). The lowest BCUT2D eigenvalue weighted by Crippen LogP contribution is -2.41. The number of benzene rings is 1. The topological polar surface area (TPSA) is 47.9 Å². The predicted molar refractivity (Wildman–Crippen MR) is 97.0 cm³/mol. The number of aryl methyl sites for hydroxylation is 1. The molecule has 0 spiro atoms. The molecule has 26 heavy (non-hydrogen) atoms. The van der Waals surface area contributed by atoms with Gasteiger partial charge < -0.3 is 15.1 Å². The fraction of sp³-hybridized carbons (Fsp3) is 0.556. The van der Waals surface area contributed by atoms with E-state index >= 15 is 0 Å². The first-order valence-corrected chi connectivity index (χ1v) is 8.54. The van der Waals surface area contributed by atoms with Gasteiger partial charge >= 0.3 is 6.18 Å². The summed E-state index contributed by atoms with van der Waals surface area (Å²) in [4.78, 5) is 18.5. The molecular formula is C18H27F3N4O. The van der Waals surface area contributed by atoms with E-state index in [1.54, 1.807) is 0 Å².